The molecule has 0 radical (unpaired) electrons. The van der Waals surface area contributed by atoms with Gasteiger partial charge in [-0.05, 0) is 74.2 Å². The van der Waals surface area contributed by atoms with Gasteiger partial charge >= 0.3 is 19.0 Å². The number of imidazole rings is 2. The van der Waals surface area contributed by atoms with Gasteiger partial charge in [-0.3, -0.25) is 0 Å². The van der Waals surface area contributed by atoms with Crippen molar-refractivity contribution in [1.29, 1.82) is 0 Å². The molecular weight excluding hydrogens is 727 g/mol. The summed E-state index contributed by atoms with van der Waals surface area (Å²) in [6.07, 6.45) is 0. The summed E-state index contributed by atoms with van der Waals surface area (Å²) < 4.78 is 4.17. The van der Waals surface area contributed by atoms with E-state index < -0.39 is 17.0 Å². The van der Waals surface area contributed by atoms with Crippen LogP contribution in [0, 0.1) is 20.2 Å². The van der Waals surface area contributed by atoms with Crippen LogP contribution in [-0.2, 0) is 27.3 Å². The van der Waals surface area contributed by atoms with E-state index in [2.05, 4.69) is 57.8 Å². The topological polar surface area (TPSA) is 203 Å². The molecule has 212 valence electrons. The van der Waals surface area contributed by atoms with Gasteiger partial charge in [-0.25, -0.2) is 9.13 Å². The maximum absolute atomic E-state index is 10.8. The van der Waals surface area contributed by atoms with Crippen molar-refractivity contribution < 1.29 is 30.1 Å². The summed E-state index contributed by atoms with van der Waals surface area (Å²) >= 11 is 9.39. The molecule has 4 N–H and O–H groups in total. The minimum absolute atomic E-state index is 0.0260. The minimum atomic E-state index is -1.43. The Morgan fingerprint density at radius 2 is 1.20 bits per heavy atom. The highest BCUT2D eigenvalue weighted by molar-refractivity contribution is 9.13. The van der Waals surface area contributed by atoms with E-state index in [1.54, 1.807) is 62.6 Å². The first-order chi connectivity index (χ1) is 18.8. The van der Waals surface area contributed by atoms with Crippen molar-refractivity contribution in [3.05, 3.63) is 93.7 Å². The summed E-state index contributed by atoms with van der Waals surface area (Å²) in [5, 5.41) is 56.0. The van der Waals surface area contributed by atoms with Gasteiger partial charge in [0.25, 0.3) is 0 Å². The second kappa shape index (κ2) is 15.1. The van der Waals surface area contributed by atoms with Crippen LogP contribution in [0.15, 0.2) is 62.3 Å². The van der Waals surface area contributed by atoms with Crippen LogP contribution in [0.1, 0.15) is 11.1 Å². The van der Waals surface area contributed by atoms with Gasteiger partial charge in [-0.15, -0.1) is 0 Å². The fraction of sp³-hybridized carbons (Fsp3) is 0.182. The second-order valence-electron chi connectivity index (χ2n) is 7.81. The number of halogens is 3. The van der Waals surface area contributed by atoms with Crippen LogP contribution in [-0.4, -0.2) is 56.3 Å². The van der Waals surface area contributed by atoms with E-state index in [1.807, 2.05) is 0 Å². The van der Waals surface area contributed by atoms with Crippen LogP contribution >= 0.6 is 47.8 Å². The lowest BCUT2D eigenvalue weighted by atomic mass is 9.80. The first-order valence-electron chi connectivity index (χ1n) is 11.0. The monoisotopic (exact) mass is 746 g/mol. The van der Waals surface area contributed by atoms with Gasteiger partial charge in [0.2, 0.25) is 9.21 Å². The minimum Gasteiger partial charge on any atom is -0.423 e. The van der Waals surface area contributed by atoms with Crippen molar-refractivity contribution in [2.45, 2.75) is 13.2 Å². The average Bonchev–Trinajstić information content (AvgIpc) is 3.38. The van der Waals surface area contributed by atoms with E-state index in [4.69, 9.17) is 20.3 Å². The van der Waals surface area contributed by atoms with E-state index in [0.717, 1.165) is 16.7 Å². The quantitative estimate of drug-likeness (QED) is 0.129. The predicted octanol–water partition coefficient (Wildman–Crippen LogP) is 2.96. The van der Waals surface area contributed by atoms with E-state index in [-0.39, 0.29) is 25.1 Å². The van der Waals surface area contributed by atoms with Crippen LogP contribution in [0.2, 0.25) is 0 Å². The van der Waals surface area contributed by atoms with Crippen LogP contribution < -0.4 is 5.46 Å². The lowest BCUT2D eigenvalue weighted by Crippen LogP contribution is -2.29. The molecule has 0 saturated carbocycles. The molecule has 40 heavy (non-hydrogen) atoms. The number of benzene rings is 2. The Morgan fingerprint density at radius 3 is 1.52 bits per heavy atom. The molecule has 0 saturated heterocycles. The molecule has 0 aliphatic carbocycles. The maximum Gasteiger partial charge on any atom is 0.488 e. The van der Waals surface area contributed by atoms with Crippen LogP contribution in [0.25, 0.3) is 11.3 Å². The third kappa shape index (κ3) is 8.50. The number of aromatic nitrogens is 4. The first-order valence-corrected chi connectivity index (χ1v) is 13.3. The van der Waals surface area contributed by atoms with Gasteiger partial charge in [0, 0.05) is 5.56 Å². The van der Waals surface area contributed by atoms with E-state index >= 15 is 0 Å². The highest BCUT2D eigenvalue weighted by Crippen LogP contribution is 2.31. The first kappa shape index (κ1) is 33.2. The SMILES string of the molecule is Cn1c([N+](=O)[O-])nc(Br)c1-c1ccc(CO)cc1.Cn1c([N+](=O)[O-])nc(Br)c1Br.OCc1ccc(B(O)O)cc1. The van der Waals surface area contributed by atoms with Crippen LogP contribution in [0.3, 0.4) is 0 Å². The summed E-state index contributed by atoms with van der Waals surface area (Å²) in [6, 6.07) is 13.5. The fourth-order valence-corrected chi connectivity index (χ4v) is 4.42. The Hall–Kier alpha value is -3.00. The summed E-state index contributed by atoms with van der Waals surface area (Å²) in [5.74, 6) is -0.410. The summed E-state index contributed by atoms with van der Waals surface area (Å²) in [6.45, 7) is -0.0607. The predicted molar refractivity (Wildman–Crippen MR) is 156 cm³/mol. The van der Waals surface area contributed by atoms with Crippen molar-refractivity contribution >= 4 is 72.3 Å². The molecule has 2 heterocycles. The highest BCUT2D eigenvalue weighted by Gasteiger charge is 2.24. The largest absolute Gasteiger partial charge is 0.488 e. The van der Waals surface area contributed by atoms with Crippen molar-refractivity contribution in [3.63, 3.8) is 0 Å². The molecule has 0 amide bonds. The standard InChI is InChI=1S/C11H10BrN3O3.C7H9BO3.C4H3Br2N3O2/c1-14-9(10(12)13-11(14)15(17)18)8-4-2-7(6-16)3-5-8;9-5-6-1-3-7(4-2-6)8(10)11;1-8-3(6)2(5)7-4(8)9(10)11/h2-5,16H,6H2,1H3;1-4,9-11H,5H2;1H3. The van der Waals surface area contributed by atoms with Crippen molar-refractivity contribution in [1.82, 2.24) is 19.1 Å². The van der Waals surface area contributed by atoms with Gasteiger partial charge in [0.15, 0.2) is 10.3 Å². The Kier molecular flexibility index (Phi) is 12.6. The molecule has 0 unspecified atom stereocenters. The molecule has 0 bridgehead atoms. The number of rotatable bonds is 6. The maximum atomic E-state index is 10.8. The normalized spacial score (nSPS) is 10.2. The van der Waals surface area contributed by atoms with Crippen molar-refractivity contribution in [3.8, 4) is 11.3 Å². The fourth-order valence-electron chi connectivity index (χ4n) is 3.09. The van der Waals surface area contributed by atoms with E-state index in [9.17, 15) is 20.2 Å². The number of hydrogen-bond donors (Lipinski definition) is 4. The van der Waals surface area contributed by atoms with Crippen molar-refractivity contribution in [2.24, 2.45) is 14.1 Å². The molecule has 18 heteroatoms. The molecule has 14 nitrogen and oxygen atoms in total. The Balaban J connectivity index is 0.000000222. The summed E-state index contributed by atoms with van der Waals surface area (Å²) in [4.78, 5) is 27.5. The Labute approximate surface area is 252 Å². The number of nitro groups is 2. The van der Waals surface area contributed by atoms with Gasteiger partial charge in [0.1, 0.15) is 0 Å². The van der Waals surface area contributed by atoms with Crippen LogP contribution in [0.5, 0.6) is 0 Å². The molecule has 0 aliphatic rings. The molecule has 0 spiro atoms. The zero-order valence-corrected chi connectivity index (χ0v) is 25.6. The van der Waals surface area contributed by atoms with Gasteiger partial charge < -0.3 is 40.5 Å². The number of nitrogens with zero attached hydrogens (tertiary/aromatic N) is 6. The van der Waals surface area contributed by atoms with Crippen LogP contribution in [0.4, 0.5) is 11.9 Å². The average molecular weight is 749 g/mol. The van der Waals surface area contributed by atoms with Gasteiger partial charge in [0.05, 0.1) is 27.3 Å². The van der Waals surface area contributed by atoms with E-state index in [1.165, 1.54) is 9.13 Å². The molecule has 0 aliphatic heterocycles. The Bertz CT molecular complexity index is 1460. The van der Waals surface area contributed by atoms with Crippen molar-refractivity contribution in [2.75, 3.05) is 0 Å². The third-order valence-corrected chi connectivity index (χ3v) is 7.73. The molecule has 2 aromatic heterocycles. The summed E-state index contributed by atoms with van der Waals surface area (Å²) in [5.41, 5.74) is 3.40. The lowest BCUT2D eigenvalue weighted by Gasteiger charge is -2.02. The zero-order chi connectivity index (χ0) is 30.1. The number of aliphatic hydroxyl groups is 2. The lowest BCUT2D eigenvalue weighted by molar-refractivity contribution is -0.396. The third-order valence-electron chi connectivity index (χ3n) is 5.19. The molecule has 2 aromatic carbocycles. The highest BCUT2D eigenvalue weighted by atomic mass is 79.9. The number of aliphatic hydroxyl groups excluding tert-OH is 2. The smallest absolute Gasteiger partial charge is 0.423 e. The van der Waals surface area contributed by atoms with E-state index in [0.29, 0.717) is 25.0 Å². The summed E-state index contributed by atoms with van der Waals surface area (Å²) in [7, 11) is 1.72. The molecular formula is C22H22BBr3N6O8. The van der Waals surface area contributed by atoms with Gasteiger partial charge in [-0.2, -0.15) is 0 Å². The Morgan fingerprint density at radius 1 is 0.775 bits per heavy atom. The molecule has 0 atom stereocenters. The molecule has 4 rings (SSSR count). The number of hydrogen-bond acceptors (Lipinski definition) is 10. The van der Waals surface area contributed by atoms with Gasteiger partial charge in [-0.1, -0.05) is 58.5 Å². The molecule has 4 aromatic rings. The molecule has 0 fully saturated rings. The zero-order valence-electron chi connectivity index (χ0n) is 20.8. The second-order valence-corrected chi connectivity index (χ2v) is 10.1.